The van der Waals surface area contributed by atoms with Crippen molar-refractivity contribution in [2.75, 3.05) is 13.1 Å². The van der Waals surface area contributed by atoms with E-state index in [1.165, 1.54) is 0 Å². The van der Waals surface area contributed by atoms with Crippen LogP contribution in [0.25, 0.3) is 0 Å². The molecule has 2 heterocycles. The summed E-state index contributed by atoms with van der Waals surface area (Å²) in [4.78, 5) is 30.8. The number of rotatable bonds is 4. The number of aromatic nitrogens is 1. The van der Waals surface area contributed by atoms with E-state index in [9.17, 15) is 9.59 Å². The van der Waals surface area contributed by atoms with Crippen molar-refractivity contribution in [2.24, 2.45) is 11.8 Å². The van der Waals surface area contributed by atoms with Gasteiger partial charge in [0.2, 0.25) is 11.8 Å². The average molecular weight is 301 g/mol. The Bertz CT molecular complexity index is 542. The maximum Gasteiger partial charge on any atom is 0.225 e. The number of carbonyl (C=O) groups excluding carboxylic acids is 2. The maximum absolute atomic E-state index is 12.5. The van der Waals surface area contributed by atoms with Crippen molar-refractivity contribution in [3.05, 3.63) is 30.1 Å². The van der Waals surface area contributed by atoms with Gasteiger partial charge in [0.15, 0.2) is 0 Å². The van der Waals surface area contributed by atoms with Crippen molar-refractivity contribution in [3.8, 4) is 0 Å². The van der Waals surface area contributed by atoms with Gasteiger partial charge in [-0.15, -0.1) is 0 Å². The molecule has 5 heteroatoms. The summed E-state index contributed by atoms with van der Waals surface area (Å²) in [6.45, 7) is 3.31. The van der Waals surface area contributed by atoms with Crippen LogP contribution in [0.4, 0.5) is 0 Å². The maximum atomic E-state index is 12.5. The first-order chi connectivity index (χ1) is 10.6. The lowest BCUT2D eigenvalue weighted by Gasteiger charge is -2.32. The highest BCUT2D eigenvalue weighted by atomic mass is 16.2. The van der Waals surface area contributed by atoms with E-state index in [4.69, 9.17) is 0 Å². The van der Waals surface area contributed by atoms with Crippen molar-refractivity contribution in [1.29, 1.82) is 0 Å². The lowest BCUT2D eigenvalue weighted by molar-refractivity contribution is -0.137. The van der Waals surface area contributed by atoms with Crippen LogP contribution in [0.15, 0.2) is 24.4 Å². The fourth-order valence-electron chi connectivity index (χ4n) is 3.02. The molecule has 2 fully saturated rings. The Kier molecular flexibility index (Phi) is 4.41. The monoisotopic (exact) mass is 301 g/mol. The van der Waals surface area contributed by atoms with E-state index in [2.05, 4.69) is 10.3 Å². The fraction of sp³-hybridized carbons (Fsp3) is 0.588. The highest BCUT2D eigenvalue weighted by molar-refractivity contribution is 5.83. The van der Waals surface area contributed by atoms with Gasteiger partial charge in [-0.05, 0) is 44.7 Å². The second kappa shape index (κ2) is 6.46. The number of piperidine rings is 1. The summed E-state index contributed by atoms with van der Waals surface area (Å²) < 4.78 is 0. The van der Waals surface area contributed by atoms with Crippen molar-refractivity contribution >= 4 is 11.8 Å². The summed E-state index contributed by atoms with van der Waals surface area (Å²) in [6.07, 6.45) is 5.53. The van der Waals surface area contributed by atoms with Crippen LogP contribution >= 0.6 is 0 Å². The summed E-state index contributed by atoms with van der Waals surface area (Å²) in [5.41, 5.74) is 0.859. The Hall–Kier alpha value is -1.91. The molecule has 0 aromatic carbocycles. The number of hydrogen-bond donors (Lipinski definition) is 1. The minimum Gasteiger partial charge on any atom is -0.348 e. The molecule has 1 N–H and O–H groups in total. The van der Waals surface area contributed by atoms with Crippen LogP contribution in [0.1, 0.15) is 44.3 Å². The molecule has 3 rings (SSSR count). The second-order valence-electron chi connectivity index (χ2n) is 6.38. The Morgan fingerprint density at radius 3 is 2.77 bits per heavy atom. The van der Waals surface area contributed by atoms with E-state index in [-0.39, 0.29) is 29.7 Å². The topological polar surface area (TPSA) is 62.3 Å². The Labute approximate surface area is 131 Å². The van der Waals surface area contributed by atoms with E-state index >= 15 is 0 Å². The summed E-state index contributed by atoms with van der Waals surface area (Å²) in [6, 6.07) is 5.58. The van der Waals surface area contributed by atoms with Crippen LogP contribution in [-0.2, 0) is 9.59 Å². The summed E-state index contributed by atoms with van der Waals surface area (Å²) in [5, 5.41) is 3.03. The molecule has 1 saturated heterocycles. The SMILES string of the molecule is CC(NC(=O)C1CCCN(C(=O)C2CC2)C1)c1ccccn1. The van der Waals surface area contributed by atoms with Crippen molar-refractivity contribution in [3.63, 3.8) is 0 Å². The number of amides is 2. The van der Waals surface area contributed by atoms with Gasteiger partial charge in [0, 0.05) is 25.2 Å². The molecular formula is C17H23N3O2. The van der Waals surface area contributed by atoms with Crippen molar-refractivity contribution in [1.82, 2.24) is 15.2 Å². The summed E-state index contributed by atoms with van der Waals surface area (Å²) in [7, 11) is 0. The number of likely N-dealkylation sites (tertiary alicyclic amines) is 1. The van der Waals surface area contributed by atoms with Gasteiger partial charge in [0.05, 0.1) is 17.7 Å². The van der Waals surface area contributed by atoms with Crippen LogP contribution in [-0.4, -0.2) is 34.8 Å². The summed E-state index contributed by atoms with van der Waals surface area (Å²) >= 11 is 0. The molecule has 1 aromatic rings. The fourth-order valence-corrected chi connectivity index (χ4v) is 3.02. The predicted molar refractivity (Wildman–Crippen MR) is 82.8 cm³/mol. The molecule has 5 nitrogen and oxygen atoms in total. The van der Waals surface area contributed by atoms with Gasteiger partial charge in [-0.2, -0.15) is 0 Å². The van der Waals surface area contributed by atoms with E-state index in [1.54, 1.807) is 6.20 Å². The zero-order valence-electron chi connectivity index (χ0n) is 13.0. The molecule has 0 spiro atoms. The quantitative estimate of drug-likeness (QED) is 0.924. The van der Waals surface area contributed by atoms with Crippen molar-refractivity contribution in [2.45, 2.75) is 38.6 Å². The zero-order valence-corrected chi connectivity index (χ0v) is 13.0. The van der Waals surface area contributed by atoms with Gasteiger partial charge < -0.3 is 10.2 Å². The molecule has 1 saturated carbocycles. The highest BCUT2D eigenvalue weighted by Crippen LogP contribution is 2.32. The molecule has 2 amide bonds. The average Bonchev–Trinajstić information content (AvgIpc) is 3.40. The lowest BCUT2D eigenvalue weighted by Crippen LogP contribution is -2.46. The van der Waals surface area contributed by atoms with Crippen LogP contribution in [0, 0.1) is 11.8 Å². The van der Waals surface area contributed by atoms with Gasteiger partial charge in [0.25, 0.3) is 0 Å². The van der Waals surface area contributed by atoms with Gasteiger partial charge >= 0.3 is 0 Å². The zero-order chi connectivity index (χ0) is 15.5. The largest absolute Gasteiger partial charge is 0.348 e. The molecule has 0 radical (unpaired) electrons. The normalized spacial score (nSPS) is 23.0. The van der Waals surface area contributed by atoms with Gasteiger partial charge in [-0.25, -0.2) is 0 Å². The molecule has 22 heavy (non-hydrogen) atoms. The van der Waals surface area contributed by atoms with Crippen molar-refractivity contribution < 1.29 is 9.59 Å². The molecule has 118 valence electrons. The standard InChI is InChI=1S/C17H23N3O2/c1-12(15-6-2-3-9-18-15)19-16(21)14-5-4-10-20(11-14)17(22)13-7-8-13/h2-3,6,9,12-14H,4-5,7-8,10-11H2,1H3,(H,19,21). The van der Waals surface area contributed by atoms with E-state index < -0.39 is 0 Å². The van der Waals surface area contributed by atoms with Crippen LogP contribution in [0.2, 0.25) is 0 Å². The number of pyridine rings is 1. The molecule has 1 aliphatic heterocycles. The second-order valence-corrected chi connectivity index (χ2v) is 6.38. The first-order valence-electron chi connectivity index (χ1n) is 8.15. The highest BCUT2D eigenvalue weighted by Gasteiger charge is 2.36. The van der Waals surface area contributed by atoms with Gasteiger partial charge in [-0.1, -0.05) is 6.07 Å². The van der Waals surface area contributed by atoms with Crippen LogP contribution in [0.3, 0.4) is 0 Å². The number of nitrogens with zero attached hydrogens (tertiary/aromatic N) is 2. The molecule has 1 aromatic heterocycles. The third-order valence-corrected chi connectivity index (χ3v) is 4.52. The van der Waals surface area contributed by atoms with E-state index in [0.29, 0.717) is 6.54 Å². The smallest absolute Gasteiger partial charge is 0.225 e. The Morgan fingerprint density at radius 1 is 1.27 bits per heavy atom. The molecule has 2 aliphatic rings. The minimum absolute atomic E-state index is 0.0338. The third kappa shape index (κ3) is 3.46. The predicted octanol–water partition coefficient (Wildman–Crippen LogP) is 1.91. The lowest BCUT2D eigenvalue weighted by atomic mass is 9.96. The Balaban J connectivity index is 1.56. The first-order valence-corrected chi connectivity index (χ1v) is 8.15. The Morgan fingerprint density at radius 2 is 2.09 bits per heavy atom. The number of carbonyl (C=O) groups is 2. The molecule has 2 atom stereocenters. The van der Waals surface area contributed by atoms with Crippen LogP contribution in [0.5, 0.6) is 0 Å². The molecule has 1 aliphatic carbocycles. The number of nitrogens with one attached hydrogen (secondary N) is 1. The van der Waals surface area contributed by atoms with Gasteiger partial charge in [-0.3, -0.25) is 14.6 Å². The van der Waals surface area contributed by atoms with E-state index in [0.717, 1.165) is 37.9 Å². The molecule has 2 unspecified atom stereocenters. The van der Waals surface area contributed by atoms with E-state index in [1.807, 2.05) is 30.0 Å². The molecular weight excluding hydrogens is 278 g/mol. The minimum atomic E-state index is -0.108. The van der Waals surface area contributed by atoms with Gasteiger partial charge in [0.1, 0.15) is 0 Å². The first kappa shape index (κ1) is 15.0. The number of hydrogen-bond acceptors (Lipinski definition) is 3. The van der Waals surface area contributed by atoms with Crippen LogP contribution < -0.4 is 5.32 Å². The third-order valence-electron chi connectivity index (χ3n) is 4.52. The summed E-state index contributed by atoms with van der Waals surface area (Å²) in [5.74, 6) is 0.415. The molecule has 0 bridgehead atoms.